The average molecular weight is 337 g/mol. The van der Waals surface area contributed by atoms with Crippen molar-refractivity contribution in [2.45, 2.75) is 19.8 Å². The zero-order valence-electron chi connectivity index (χ0n) is 14.5. The Hall–Kier alpha value is -2.85. The summed E-state index contributed by atoms with van der Waals surface area (Å²) in [5, 5.41) is 9.73. The summed E-state index contributed by atoms with van der Waals surface area (Å²) in [6.07, 6.45) is 4.68. The Morgan fingerprint density at radius 1 is 1.08 bits per heavy atom. The molecule has 0 bridgehead atoms. The summed E-state index contributed by atoms with van der Waals surface area (Å²) in [7, 11) is 1.36. The molecule has 2 rings (SSSR count). The smallest absolute Gasteiger partial charge is 0.309 e. The lowest BCUT2D eigenvalue weighted by Crippen LogP contribution is -2.08. The van der Waals surface area contributed by atoms with Gasteiger partial charge < -0.3 is 4.74 Å². The monoisotopic (exact) mass is 337 g/mol. The standard InChI is InChI=1S/C21H23NO3/c1-3-16-12-14-17(15-13-16)19(10-7-11-20(23)25-2)21(22-24)18-8-5-4-6-9-18/h4-10,12-15,22,24H,3,11H2,1-2H3/b10-7-,21-19+. The van der Waals surface area contributed by atoms with Crippen molar-refractivity contribution in [3.05, 3.63) is 83.4 Å². The lowest BCUT2D eigenvalue weighted by atomic mass is 9.97. The van der Waals surface area contributed by atoms with E-state index in [0.29, 0.717) is 5.70 Å². The normalized spacial score (nSPS) is 12.0. The first-order valence-corrected chi connectivity index (χ1v) is 8.22. The zero-order valence-corrected chi connectivity index (χ0v) is 14.5. The molecule has 130 valence electrons. The first-order chi connectivity index (χ1) is 12.2. The molecule has 0 unspecified atom stereocenters. The van der Waals surface area contributed by atoms with Gasteiger partial charge in [0.25, 0.3) is 0 Å². The van der Waals surface area contributed by atoms with Crippen molar-refractivity contribution in [3.63, 3.8) is 0 Å². The third-order valence-corrected chi connectivity index (χ3v) is 3.91. The third kappa shape index (κ3) is 5.06. The maximum absolute atomic E-state index is 11.4. The van der Waals surface area contributed by atoms with Gasteiger partial charge >= 0.3 is 5.97 Å². The van der Waals surface area contributed by atoms with Crippen LogP contribution in [0.5, 0.6) is 0 Å². The van der Waals surface area contributed by atoms with Crippen LogP contribution in [-0.4, -0.2) is 18.3 Å². The van der Waals surface area contributed by atoms with Crippen molar-refractivity contribution in [2.24, 2.45) is 0 Å². The summed E-state index contributed by atoms with van der Waals surface area (Å²) in [4.78, 5) is 11.4. The van der Waals surface area contributed by atoms with E-state index >= 15 is 0 Å². The molecule has 0 spiro atoms. The van der Waals surface area contributed by atoms with E-state index in [1.807, 2.05) is 48.5 Å². The van der Waals surface area contributed by atoms with Crippen LogP contribution >= 0.6 is 0 Å². The Morgan fingerprint density at radius 3 is 2.32 bits per heavy atom. The molecule has 0 aromatic heterocycles. The number of hydrogen-bond donors (Lipinski definition) is 2. The van der Waals surface area contributed by atoms with Crippen LogP contribution in [0.2, 0.25) is 0 Å². The van der Waals surface area contributed by atoms with Crippen LogP contribution in [-0.2, 0) is 16.0 Å². The van der Waals surface area contributed by atoms with E-state index in [1.54, 1.807) is 6.08 Å². The highest BCUT2D eigenvalue weighted by atomic mass is 16.5. The van der Waals surface area contributed by atoms with Gasteiger partial charge in [0, 0.05) is 11.1 Å². The second-order valence-electron chi connectivity index (χ2n) is 5.50. The maximum atomic E-state index is 11.4. The second-order valence-corrected chi connectivity index (χ2v) is 5.50. The molecule has 2 aromatic rings. The molecule has 2 aromatic carbocycles. The van der Waals surface area contributed by atoms with Crippen molar-refractivity contribution >= 4 is 17.2 Å². The van der Waals surface area contributed by atoms with Crippen LogP contribution in [0.4, 0.5) is 0 Å². The summed E-state index contributed by atoms with van der Waals surface area (Å²) in [5.74, 6) is -0.310. The summed E-state index contributed by atoms with van der Waals surface area (Å²) in [6, 6.07) is 17.7. The first-order valence-electron chi connectivity index (χ1n) is 8.22. The van der Waals surface area contributed by atoms with Gasteiger partial charge in [0.15, 0.2) is 0 Å². The zero-order chi connectivity index (χ0) is 18.1. The lowest BCUT2D eigenvalue weighted by Gasteiger charge is -2.13. The van der Waals surface area contributed by atoms with Crippen molar-refractivity contribution in [1.29, 1.82) is 0 Å². The number of benzene rings is 2. The molecule has 2 N–H and O–H groups in total. The fourth-order valence-electron chi connectivity index (χ4n) is 2.49. The quantitative estimate of drug-likeness (QED) is 0.344. The van der Waals surface area contributed by atoms with E-state index < -0.39 is 0 Å². The first kappa shape index (κ1) is 18.5. The molecular weight excluding hydrogens is 314 g/mol. The van der Waals surface area contributed by atoms with Gasteiger partial charge in [-0.25, -0.2) is 0 Å². The van der Waals surface area contributed by atoms with Crippen LogP contribution in [0, 0.1) is 0 Å². The lowest BCUT2D eigenvalue weighted by molar-refractivity contribution is -0.139. The van der Waals surface area contributed by atoms with Crippen molar-refractivity contribution in [2.75, 3.05) is 7.11 Å². The van der Waals surface area contributed by atoms with Crippen LogP contribution in [0.3, 0.4) is 0 Å². The number of carbonyl (C=O) groups is 1. The summed E-state index contributed by atoms with van der Waals surface area (Å²) in [6.45, 7) is 2.10. The van der Waals surface area contributed by atoms with Gasteiger partial charge in [-0.05, 0) is 17.5 Å². The van der Waals surface area contributed by atoms with E-state index in [0.717, 1.165) is 23.1 Å². The van der Waals surface area contributed by atoms with Gasteiger partial charge in [-0.3, -0.25) is 15.5 Å². The van der Waals surface area contributed by atoms with Gasteiger partial charge in [-0.15, -0.1) is 0 Å². The van der Waals surface area contributed by atoms with Gasteiger partial charge in [-0.2, -0.15) is 0 Å². The second kappa shape index (κ2) is 9.45. The SMILES string of the molecule is CCc1ccc(C(/C=C\CC(=O)OC)=C(/NO)c2ccccc2)cc1. The number of allylic oxidation sites excluding steroid dienone is 2. The molecule has 0 radical (unpaired) electrons. The topological polar surface area (TPSA) is 58.6 Å². The summed E-state index contributed by atoms with van der Waals surface area (Å²) < 4.78 is 4.67. The molecule has 0 atom stereocenters. The predicted octanol–water partition coefficient (Wildman–Crippen LogP) is 4.22. The van der Waals surface area contributed by atoms with Crippen LogP contribution < -0.4 is 5.48 Å². The largest absolute Gasteiger partial charge is 0.469 e. The summed E-state index contributed by atoms with van der Waals surface area (Å²) >= 11 is 0. The molecule has 0 aliphatic rings. The molecule has 4 nitrogen and oxygen atoms in total. The molecule has 0 heterocycles. The predicted molar refractivity (Wildman–Crippen MR) is 99.8 cm³/mol. The minimum atomic E-state index is -0.310. The van der Waals surface area contributed by atoms with Gasteiger partial charge in [0.2, 0.25) is 0 Å². The number of rotatable bonds is 7. The Kier molecular flexibility index (Phi) is 6.99. The maximum Gasteiger partial charge on any atom is 0.309 e. The van der Waals surface area contributed by atoms with E-state index in [9.17, 15) is 10.0 Å². The highest BCUT2D eigenvalue weighted by Gasteiger charge is 2.09. The molecule has 0 fully saturated rings. The molecule has 0 saturated carbocycles. The molecular formula is C21H23NO3. The molecule has 0 amide bonds. The van der Waals surface area contributed by atoms with Gasteiger partial charge in [0.1, 0.15) is 0 Å². The number of hydrogen-bond acceptors (Lipinski definition) is 4. The molecule has 25 heavy (non-hydrogen) atoms. The number of ether oxygens (including phenoxy) is 1. The van der Waals surface area contributed by atoms with Crippen LogP contribution in [0.25, 0.3) is 11.3 Å². The fraction of sp³-hybridized carbons (Fsp3) is 0.190. The number of methoxy groups -OCH3 is 1. The van der Waals surface area contributed by atoms with Gasteiger partial charge in [-0.1, -0.05) is 73.7 Å². The highest BCUT2D eigenvalue weighted by Crippen LogP contribution is 2.26. The number of nitrogens with one attached hydrogen (secondary N) is 1. The van der Waals surface area contributed by atoms with Crippen LogP contribution in [0.1, 0.15) is 30.0 Å². The summed E-state index contributed by atoms with van der Waals surface area (Å²) in [5.41, 5.74) is 6.71. The van der Waals surface area contributed by atoms with E-state index in [2.05, 4.69) is 29.3 Å². The van der Waals surface area contributed by atoms with E-state index in [-0.39, 0.29) is 12.4 Å². The Labute approximate surface area is 148 Å². The van der Waals surface area contributed by atoms with Crippen molar-refractivity contribution in [3.8, 4) is 0 Å². The van der Waals surface area contributed by atoms with Crippen molar-refractivity contribution < 1.29 is 14.7 Å². The Bertz CT molecular complexity index is 746. The number of aryl methyl sites for hydroxylation is 1. The van der Waals surface area contributed by atoms with E-state index in [4.69, 9.17) is 0 Å². The highest BCUT2D eigenvalue weighted by molar-refractivity contribution is 5.94. The van der Waals surface area contributed by atoms with E-state index in [1.165, 1.54) is 12.7 Å². The third-order valence-electron chi connectivity index (χ3n) is 3.91. The van der Waals surface area contributed by atoms with Gasteiger partial charge in [0.05, 0.1) is 19.2 Å². The average Bonchev–Trinajstić information content (AvgIpc) is 2.68. The number of esters is 1. The molecule has 0 aliphatic heterocycles. The molecule has 4 heteroatoms. The molecule has 0 aliphatic carbocycles. The fourth-order valence-corrected chi connectivity index (χ4v) is 2.49. The minimum Gasteiger partial charge on any atom is -0.469 e. The Balaban J connectivity index is 2.49. The number of carbonyl (C=O) groups excluding carboxylic acids is 1. The number of hydroxylamine groups is 1. The van der Waals surface area contributed by atoms with Crippen molar-refractivity contribution in [1.82, 2.24) is 5.48 Å². The minimum absolute atomic E-state index is 0.167. The van der Waals surface area contributed by atoms with Crippen LogP contribution in [0.15, 0.2) is 66.7 Å². The molecule has 0 saturated heterocycles. The Morgan fingerprint density at radius 2 is 1.76 bits per heavy atom.